The molecule has 2 N–H and O–H groups in total. The first-order valence-corrected chi connectivity index (χ1v) is 13.5. The van der Waals surface area contributed by atoms with Crippen LogP contribution in [0.15, 0.2) is 49.1 Å². The van der Waals surface area contributed by atoms with Gasteiger partial charge in [0.15, 0.2) is 0 Å². The number of benzene rings is 2. The Bertz CT molecular complexity index is 1410. The van der Waals surface area contributed by atoms with E-state index < -0.39 is 11.6 Å². The van der Waals surface area contributed by atoms with Crippen LogP contribution in [0.25, 0.3) is 21.2 Å². The molecule has 1 aliphatic carbocycles. The van der Waals surface area contributed by atoms with E-state index in [0.717, 1.165) is 72.3 Å². The summed E-state index contributed by atoms with van der Waals surface area (Å²) in [5.74, 6) is -0.928. The first-order valence-electron chi connectivity index (χ1n) is 12.3. The lowest BCUT2D eigenvalue weighted by Crippen LogP contribution is -2.40. The van der Waals surface area contributed by atoms with E-state index in [0.29, 0.717) is 5.75 Å². The van der Waals surface area contributed by atoms with Crippen LogP contribution in [0, 0.1) is 11.6 Å². The standard InChI is InChI=1S/C27H24ClF2N3O2S.CH5N/c1-35-22-10-7-16(18-12-31-15-32-13-18)11-17(22)14-33(19-5-3-2-4-6-19)27(34)26-24(28)23-20(29)8-9-21(30)25(23)36-26;1-2/h7-13,15,19H,2-6,14H2,1H3;2H2,1H3. The van der Waals surface area contributed by atoms with E-state index in [9.17, 15) is 13.6 Å². The topological polar surface area (TPSA) is 81.3 Å². The zero-order valence-electron chi connectivity index (χ0n) is 21.2. The number of fused-ring (bicyclic) bond motifs is 1. The molecule has 0 atom stereocenters. The number of nitrogens with zero attached hydrogens (tertiary/aromatic N) is 3. The van der Waals surface area contributed by atoms with Crippen molar-refractivity contribution in [3.8, 4) is 16.9 Å². The van der Waals surface area contributed by atoms with Crippen LogP contribution in [-0.4, -0.2) is 41.0 Å². The molecule has 0 aliphatic heterocycles. The molecule has 0 unspecified atom stereocenters. The van der Waals surface area contributed by atoms with Gasteiger partial charge in [-0.1, -0.05) is 36.9 Å². The summed E-state index contributed by atoms with van der Waals surface area (Å²) in [5, 5.41) is -0.0859. The highest BCUT2D eigenvalue weighted by atomic mass is 35.5. The van der Waals surface area contributed by atoms with Crippen LogP contribution < -0.4 is 10.5 Å². The molecular weight excluding hydrogens is 530 g/mol. The number of carbonyl (C=O) groups is 1. The molecule has 2 aromatic heterocycles. The van der Waals surface area contributed by atoms with Gasteiger partial charge in [0.2, 0.25) is 0 Å². The number of rotatable bonds is 6. The summed E-state index contributed by atoms with van der Waals surface area (Å²) < 4.78 is 34.7. The molecule has 0 spiro atoms. The molecule has 4 aromatic rings. The lowest BCUT2D eigenvalue weighted by molar-refractivity contribution is 0.0618. The Hall–Kier alpha value is -3.14. The van der Waals surface area contributed by atoms with Crippen molar-refractivity contribution in [3.05, 3.63) is 76.2 Å². The van der Waals surface area contributed by atoms with Crippen molar-refractivity contribution in [3.63, 3.8) is 0 Å². The fourth-order valence-electron chi connectivity index (χ4n) is 4.84. The van der Waals surface area contributed by atoms with Crippen molar-refractivity contribution in [2.45, 2.75) is 44.7 Å². The summed E-state index contributed by atoms with van der Waals surface area (Å²) in [6.45, 7) is 0.268. The highest BCUT2D eigenvalue weighted by Crippen LogP contribution is 2.40. The predicted octanol–water partition coefficient (Wildman–Crippen LogP) is 6.85. The quantitative estimate of drug-likeness (QED) is 0.280. The number of methoxy groups -OCH3 is 1. The monoisotopic (exact) mass is 558 g/mol. The predicted molar refractivity (Wildman–Crippen MR) is 148 cm³/mol. The van der Waals surface area contributed by atoms with Gasteiger partial charge >= 0.3 is 0 Å². The van der Waals surface area contributed by atoms with Gasteiger partial charge in [-0.2, -0.15) is 0 Å². The average Bonchev–Trinajstić information content (AvgIpc) is 3.33. The van der Waals surface area contributed by atoms with Crippen molar-refractivity contribution in [1.29, 1.82) is 0 Å². The molecule has 0 radical (unpaired) electrons. The molecule has 38 heavy (non-hydrogen) atoms. The minimum absolute atomic E-state index is 0.0179. The van der Waals surface area contributed by atoms with Crippen LogP contribution in [0.2, 0.25) is 5.02 Å². The second kappa shape index (κ2) is 12.6. The minimum atomic E-state index is -0.643. The molecule has 0 saturated heterocycles. The van der Waals surface area contributed by atoms with Crippen molar-refractivity contribution >= 4 is 38.9 Å². The highest BCUT2D eigenvalue weighted by Gasteiger charge is 2.31. The molecule has 200 valence electrons. The highest BCUT2D eigenvalue weighted by molar-refractivity contribution is 7.21. The van der Waals surface area contributed by atoms with E-state index in [1.807, 2.05) is 18.2 Å². The lowest BCUT2D eigenvalue weighted by Gasteiger charge is -2.34. The van der Waals surface area contributed by atoms with Gasteiger partial charge < -0.3 is 15.4 Å². The first kappa shape index (κ1) is 27.9. The molecule has 0 bridgehead atoms. The smallest absolute Gasteiger partial charge is 0.266 e. The van der Waals surface area contributed by atoms with E-state index in [-0.39, 0.29) is 38.5 Å². The van der Waals surface area contributed by atoms with Crippen LogP contribution in [0.3, 0.4) is 0 Å². The van der Waals surface area contributed by atoms with Gasteiger partial charge in [-0.15, -0.1) is 11.3 Å². The minimum Gasteiger partial charge on any atom is -0.496 e. The van der Waals surface area contributed by atoms with Gasteiger partial charge in [0, 0.05) is 36.1 Å². The Balaban J connectivity index is 0.00000164. The van der Waals surface area contributed by atoms with E-state index in [1.54, 1.807) is 24.4 Å². The van der Waals surface area contributed by atoms with E-state index in [1.165, 1.54) is 13.4 Å². The van der Waals surface area contributed by atoms with E-state index in [4.69, 9.17) is 16.3 Å². The van der Waals surface area contributed by atoms with Crippen LogP contribution in [-0.2, 0) is 6.54 Å². The fourth-order valence-corrected chi connectivity index (χ4v) is 6.34. The number of hydrogen-bond acceptors (Lipinski definition) is 6. The summed E-state index contributed by atoms with van der Waals surface area (Å²) >= 11 is 7.40. The van der Waals surface area contributed by atoms with Gasteiger partial charge in [-0.25, -0.2) is 18.7 Å². The van der Waals surface area contributed by atoms with Crippen LogP contribution in [0.5, 0.6) is 5.75 Å². The molecule has 6 nitrogen and oxygen atoms in total. The lowest BCUT2D eigenvalue weighted by atomic mass is 9.93. The molecule has 2 aromatic carbocycles. The van der Waals surface area contributed by atoms with Gasteiger partial charge in [0.25, 0.3) is 5.91 Å². The number of halogens is 3. The molecule has 2 heterocycles. The van der Waals surface area contributed by atoms with Crippen LogP contribution in [0.1, 0.15) is 47.3 Å². The Labute approximate surface area is 229 Å². The molecule has 1 aliphatic rings. The van der Waals surface area contributed by atoms with Gasteiger partial charge in [0.05, 0.1) is 22.2 Å². The summed E-state index contributed by atoms with van der Waals surface area (Å²) in [6.07, 6.45) is 9.76. The van der Waals surface area contributed by atoms with Crippen molar-refractivity contribution < 1.29 is 18.3 Å². The number of aromatic nitrogens is 2. The Morgan fingerprint density at radius 1 is 1.08 bits per heavy atom. The molecule has 1 fully saturated rings. The molecule has 1 saturated carbocycles. The average molecular weight is 559 g/mol. The largest absolute Gasteiger partial charge is 0.496 e. The summed E-state index contributed by atoms with van der Waals surface area (Å²) in [4.78, 5) is 24.1. The SMILES string of the molecule is CN.COc1ccc(-c2cncnc2)cc1CN(C(=O)c1sc2c(F)ccc(F)c2c1Cl)C1CCCCC1. The van der Waals surface area contributed by atoms with Gasteiger partial charge in [-0.05, 0) is 49.7 Å². The fraction of sp³-hybridized carbons (Fsp3) is 0.321. The third-order valence-corrected chi connectivity index (χ3v) is 8.34. The Kier molecular flexibility index (Phi) is 9.25. The molecular formula is C28H29ClF2N4O2S. The maximum absolute atomic E-state index is 14.5. The van der Waals surface area contributed by atoms with Gasteiger partial charge in [-0.3, -0.25) is 4.79 Å². The maximum atomic E-state index is 14.5. The Morgan fingerprint density at radius 3 is 2.42 bits per heavy atom. The van der Waals surface area contributed by atoms with E-state index >= 15 is 0 Å². The maximum Gasteiger partial charge on any atom is 0.266 e. The molecule has 5 rings (SSSR count). The number of hydrogen-bond donors (Lipinski definition) is 1. The second-order valence-corrected chi connectivity index (χ2v) is 10.3. The first-order chi connectivity index (χ1) is 18.5. The summed E-state index contributed by atoms with van der Waals surface area (Å²) in [5.41, 5.74) is 7.05. The van der Waals surface area contributed by atoms with Crippen molar-refractivity contribution in [2.75, 3.05) is 14.2 Å². The number of ether oxygens (including phenoxy) is 1. The normalized spacial score (nSPS) is 13.6. The summed E-state index contributed by atoms with van der Waals surface area (Å²) in [6, 6.07) is 7.82. The Morgan fingerprint density at radius 2 is 1.76 bits per heavy atom. The zero-order valence-corrected chi connectivity index (χ0v) is 22.8. The van der Waals surface area contributed by atoms with Crippen LogP contribution >= 0.6 is 22.9 Å². The van der Waals surface area contributed by atoms with E-state index in [2.05, 4.69) is 15.7 Å². The third-order valence-electron chi connectivity index (χ3n) is 6.67. The van der Waals surface area contributed by atoms with Crippen LogP contribution in [0.4, 0.5) is 8.78 Å². The molecule has 10 heteroatoms. The number of thiophene rings is 1. The zero-order chi connectivity index (χ0) is 27.2. The van der Waals surface area contributed by atoms with Crippen molar-refractivity contribution in [1.82, 2.24) is 14.9 Å². The second-order valence-electron chi connectivity index (χ2n) is 8.86. The number of amides is 1. The van der Waals surface area contributed by atoms with Crippen molar-refractivity contribution in [2.24, 2.45) is 5.73 Å². The number of carbonyl (C=O) groups excluding carboxylic acids is 1. The number of nitrogens with two attached hydrogens (primary N) is 1. The third kappa shape index (κ3) is 5.65. The van der Waals surface area contributed by atoms with Gasteiger partial charge in [0.1, 0.15) is 28.6 Å². The summed E-state index contributed by atoms with van der Waals surface area (Å²) in [7, 11) is 3.09. The molecule has 1 amide bonds.